The van der Waals surface area contributed by atoms with Crippen LogP contribution < -0.4 is 5.32 Å². The van der Waals surface area contributed by atoms with Crippen LogP contribution >= 0.6 is 0 Å². The molecule has 3 rings (SSSR count). The summed E-state index contributed by atoms with van der Waals surface area (Å²) in [5, 5.41) is 3.69. The van der Waals surface area contributed by atoms with Gasteiger partial charge in [0.05, 0.1) is 0 Å². The molecule has 3 nitrogen and oxygen atoms in total. The van der Waals surface area contributed by atoms with E-state index in [-0.39, 0.29) is 11.3 Å². The summed E-state index contributed by atoms with van der Waals surface area (Å²) in [6, 6.07) is 0.649. The molecule has 1 unspecified atom stereocenters. The second-order valence-corrected chi connectivity index (χ2v) is 7.88. The molecule has 1 atom stereocenters. The van der Waals surface area contributed by atoms with Crippen molar-refractivity contribution in [3.8, 4) is 0 Å². The van der Waals surface area contributed by atoms with Gasteiger partial charge < -0.3 is 10.2 Å². The van der Waals surface area contributed by atoms with Crippen LogP contribution in [-0.2, 0) is 4.79 Å². The standard InChI is InChI=1S/C17H30N2O/c1-17(2)9-3-4-15(17)16(20)19-10-7-14(8-11-19)18-12-13-5-6-13/h13-15,18H,3-12H2,1-2H3. The van der Waals surface area contributed by atoms with Gasteiger partial charge in [-0.25, -0.2) is 0 Å². The molecular weight excluding hydrogens is 248 g/mol. The first-order valence-electron chi connectivity index (χ1n) is 8.58. The highest BCUT2D eigenvalue weighted by molar-refractivity contribution is 5.80. The zero-order valence-electron chi connectivity index (χ0n) is 13.2. The normalized spacial score (nSPS) is 30.7. The van der Waals surface area contributed by atoms with Gasteiger partial charge in [-0.15, -0.1) is 0 Å². The molecule has 1 amide bonds. The minimum Gasteiger partial charge on any atom is -0.342 e. The highest BCUT2D eigenvalue weighted by Crippen LogP contribution is 2.43. The first kappa shape index (κ1) is 14.4. The summed E-state index contributed by atoms with van der Waals surface area (Å²) < 4.78 is 0. The van der Waals surface area contributed by atoms with Crippen molar-refractivity contribution in [1.29, 1.82) is 0 Å². The summed E-state index contributed by atoms with van der Waals surface area (Å²) in [5.41, 5.74) is 0.220. The third kappa shape index (κ3) is 3.19. The number of rotatable bonds is 4. The van der Waals surface area contributed by atoms with Crippen molar-refractivity contribution in [2.24, 2.45) is 17.3 Å². The minimum atomic E-state index is 0.220. The molecule has 1 saturated heterocycles. The van der Waals surface area contributed by atoms with E-state index in [4.69, 9.17) is 0 Å². The second-order valence-electron chi connectivity index (χ2n) is 7.88. The predicted molar refractivity (Wildman–Crippen MR) is 81.5 cm³/mol. The summed E-state index contributed by atoms with van der Waals surface area (Å²) in [6.07, 6.45) is 8.66. The molecule has 20 heavy (non-hydrogen) atoms. The minimum absolute atomic E-state index is 0.220. The van der Waals surface area contributed by atoms with Gasteiger partial charge in [0.1, 0.15) is 0 Å². The Morgan fingerprint density at radius 1 is 1.15 bits per heavy atom. The number of nitrogens with one attached hydrogen (secondary N) is 1. The monoisotopic (exact) mass is 278 g/mol. The molecule has 3 fully saturated rings. The molecule has 0 radical (unpaired) electrons. The van der Waals surface area contributed by atoms with Crippen molar-refractivity contribution in [3.05, 3.63) is 0 Å². The van der Waals surface area contributed by atoms with Crippen molar-refractivity contribution in [3.63, 3.8) is 0 Å². The zero-order valence-corrected chi connectivity index (χ0v) is 13.2. The molecule has 1 heterocycles. The molecule has 1 aliphatic heterocycles. The number of carbonyl (C=O) groups excluding carboxylic acids is 1. The van der Waals surface area contributed by atoms with E-state index in [0.717, 1.165) is 38.3 Å². The Labute approximate surface area is 123 Å². The third-order valence-corrected chi connectivity index (χ3v) is 5.75. The number of hydrogen-bond acceptors (Lipinski definition) is 2. The molecule has 1 N–H and O–H groups in total. The van der Waals surface area contributed by atoms with E-state index >= 15 is 0 Å². The average Bonchev–Trinajstić information content (AvgIpc) is 3.19. The van der Waals surface area contributed by atoms with Gasteiger partial charge in [0.2, 0.25) is 5.91 Å². The Morgan fingerprint density at radius 3 is 2.40 bits per heavy atom. The zero-order chi connectivity index (χ0) is 14.2. The Hall–Kier alpha value is -0.570. The molecule has 114 valence electrons. The number of amides is 1. The maximum absolute atomic E-state index is 12.7. The van der Waals surface area contributed by atoms with Crippen molar-refractivity contribution in [2.45, 2.75) is 64.8 Å². The van der Waals surface area contributed by atoms with E-state index in [1.807, 2.05) is 0 Å². The van der Waals surface area contributed by atoms with Gasteiger partial charge in [0.15, 0.2) is 0 Å². The van der Waals surface area contributed by atoms with E-state index in [1.165, 1.54) is 32.2 Å². The van der Waals surface area contributed by atoms with Crippen LogP contribution in [0.2, 0.25) is 0 Å². The van der Waals surface area contributed by atoms with Crippen LogP contribution in [0.15, 0.2) is 0 Å². The van der Waals surface area contributed by atoms with E-state index in [2.05, 4.69) is 24.1 Å². The number of hydrogen-bond donors (Lipinski definition) is 1. The van der Waals surface area contributed by atoms with Crippen LogP contribution in [0, 0.1) is 17.3 Å². The fourth-order valence-electron chi connectivity index (χ4n) is 3.96. The van der Waals surface area contributed by atoms with Gasteiger partial charge in [-0.1, -0.05) is 20.3 Å². The first-order valence-corrected chi connectivity index (χ1v) is 8.58. The highest BCUT2D eigenvalue weighted by Gasteiger charge is 2.41. The molecule has 3 heteroatoms. The number of piperidine rings is 1. The van der Waals surface area contributed by atoms with Crippen molar-refractivity contribution < 1.29 is 4.79 Å². The predicted octanol–water partition coefficient (Wildman–Crippen LogP) is 2.80. The van der Waals surface area contributed by atoms with Crippen molar-refractivity contribution >= 4 is 5.91 Å². The lowest BCUT2D eigenvalue weighted by atomic mass is 9.81. The molecule has 0 spiro atoms. The molecule has 0 aromatic heterocycles. The summed E-state index contributed by atoms with van der Waals surface area (Å²) >= 11 is 0. The fourth-order valence-corrected chi connectivity index (χ4v) is 3.96. The molecule has 0 bridgehead atoms. The van der Waals surface area contributed by atoms with Crippen LogP contribution in [0.4, 0.5) is 0 Å². The fraction of sp³-hybridized carbons (Fsp3) is 0.941. The van der Waals surface area contributed by atoms with Gasteiger partial charge in [0.25, 0.3) is 0 Å². The lowest BCUT2D eigenvalue weighted by molar-refractivity contribution is -0.139. The van der Waals surface area contributed by atoms with Gasteiger partial charge in [-0.2, -0.15) is 0 Å². The van der Waals surface area contributed by atoms with Crippen LogP contribution in [0.1, 0.15) is 58.8 Å². The Bertz CT molecular complexity index is 354. The van der Waals surface area contributed by atoms with Gasteiger partial charge in [-0.05, 0) is 56.4 Å². The summed E-state index contributed by atoms with van der Waals surface area (Å²) in [5.74, 6) is 1.67. The second kappa shape index (κ2) is 5.67. The van der Waals surface area contributed by atoms with Crippen LogP contribution in [0.5, 0.6) is 0 Å². The number of nitrogens with zero attached hydrogens (tertiary/aromatic N) is 1. The lowest BCUT2D eigenvalue weighted by Gasteiger charge is -2.37. The van der Waals surface area contributed by atoms with Crippen molar-refractivity contribution in [2.75, 3.05) is 19.6 Å². The molecule has 2 saturated carbocycles. The van der Waals surface area contributed by atoms with Gasteiger partial charge in [0, 0.05) is 25.0 Å². The lowest BCUT2D eigenvalue weighted by Crippen LogP contribution is -2.48. The van der Waals surface area contributed by atoms with Gasteiger partial charge >= 0.3 is 0 Å². The van der Waals surface area contributed by atoms with E-state index in [1.54, 1.807) is 0 Å². The maximum atomic E-state index is 12.7. The van der Waals surface area contributed by atoms with E-state index in [9.17, 15) is 4.79 Å². The Morgan fingerprint density at radius 2 is 1.85 bits per heavy atom. The van der Waals surface area contributed by atoms with Crippen molar-refractivity contribution in [1.82, 2.24) is 10.2 Å². The smallest absolute Gasteiger partial charge is 0.226 e. The SMILES string of the molecule is CC1(C)CCCC1C(=O)N1CCC(NCC2CC2)CC1. The quantitative estimate of drug-likeness (QED) is 0.857. The maximum Gasteiger partial charge on any atom is 0.226 e. The average molecular weight is 278 g/mol. The molecule has 0 aromatic rings. The molecule has 2 aliphatic carbocycles. The third-order valence-electron chi connectivity index (χ3n) is 5.75. The molecule has 3 aliphatic rings. The summed E-state index contributed by atoms with van der Waals surface area (Å²) in [7, 11) is 0. The van der Waals surface area contributed by atoms with Crippen LogP contribution in [0.3, 0.4) is 0 Å². The Balaban J connectivity index is 1.46. The highest BCUT2D eigenvalue weighted by atomic mass is 16.2. The van der Waals surface area contributed by atoms with Crippen LogP contribution in [0.25, 0.3) is 0 Å². The largest absolute Gasteiger partial charge is 0.342 e. The first-order chi connectivity index (χ1) is 9.56. The molecular formula is C17H30N2O. The number of likely N-dealkylation sites (tertiary alicyclic amines) is 1. The topological polar surface area (TPSA) is 32.3 Å². The van der Waals surface area contributed by atoms with E-state index in [0.29, 0.717) is 11.9 Å². The molecule has 0 aromatic carbocycles. The summed E-state index contributed by atoms with van der Waals surface area (Å²) in [6.45, 7) is 7.68. The van der Waals surface area contributed by atoms with E-state index < -0.39 is 0 Å². The Kier molecular flexibility index (Phi) is 4.07. The van der Waals surface area contributed by atoms with Crippen LogP contribution in [-0.4, -0.2) is 36.5 Å². The summed E-state index contributed by atoms with van der Waals surface area (Å²) in [4.78, 5) is 14.9. The van der Waals surface area contributed by atoms with Gasteiger partial charge in [-0.3, -0.25) is 4.79 Å². The number of carbonyl (C=O) groups is 1.